The van der Waals surface area contributed by atoms with Crippen molar-refractivity contribution >= 4 is 35.8 Å². The lowest BCUT2D eigenvalue weighted by Crippen LogP contribution is -2.44. The van der Waals surface area contributed by atoms with Gasteiger partial charge >= 0.3 is 35.8 Å². The number of carboxylic acid groups (broad SMARTS) is 4. The molecule has 0 fully saturated rings. The Bertz CT molecular complexity index is 1260. The van der Waals surface area contributed by atoms with Crippen LogP contribution in [-0.4, -0.2) is 81.7 Å². The van der Waals surface area contributed by atoms with E-state index in [4.69, 9.17) is 14.2 Å². The lowest BCUT2D eigenvalue weighted by molar-refractivity contribution is -0.164. The minimum atomic E-state index is -1.99. The van der Waals surface area contributed by atoms with Crippen LogP contribution in [-0.2, 0) is 43.0 Å². The molecule has 232 valence electrons. The van der Waals surface area contributed by atoms with Crippen LogP contribution in [0.25, 0.3) is 0 Å². The third-order valence-electron chi connectivity index (χ3n) is 7.04. The summed E-state index contributed by atoms with van der Waals surface area (Å²) in [6.07, 6.45) is 3.47. The van der Waals surface area contributed by atoms with Gasteiger partial charge in [0.05, 0.1) is 36.6 Å². The Morgan fingerprint density at radius 1 is 0.721 bits per heavy atom. The molecule has 13 heteroatoms. The fourth-order valence-corrected chi connectivity index (χ4v) is 4.47. The Labute approximate surface area is 247 Å². The van der Waals surface area contributed by atoms with Crippen molar-refractivity contribution in [2.45, 2.75) is 39.9 Å². The van der Waals surface area contributed by atoms with Gasteiger partial charge in [0, 0.05) is 0 Å². The number of carbonyl (C=O) groups excluding carboxylic acids is 2. The summed E-state index contributed by atoms with van der Waals surface area (Å²) in [6.45, 7) is 13.4. The van der Waals surface area contributed by atoms with Crippen LogP contribution in [0.3, 0.4) is 0 Å². The van der Waals surface area contributed by atoms with Gasteiger partial charge in [-0.1, -0.05) is 48.6 Å². The summed E-state index contributed by atoms with van der Waals surface area (Å²) in [7, 11) is 0. The summed E-state index contributed by atoms with van der Waals surface area (Å²) in [4.78, 5) is 74.6. The molecule has 0 aromatic carbocycles. The molecule has 6 atom stereocenters. The first-order valence-electron chi connectivity index (χ1n) is 12.9. The number of carbonyl (C=O) groups is 6. The molecule has 0 saturated carbocycles. The largest absolute Gasteiger partial charge is 0.480 e. The van der Waals surface area contributed by atoms with Gasteiger partial charge in [-0.15, -0.1) is 0 Å². The van der Waals surface area contributed by atoms with Gasteiger partial charge in [0.2, 0.25) is 0 Å². The van der Waals surface area contributed by atoms with E-state index in [9.17, 15) is 49.2 Å². The van der Waals surface area contributed by atoms with Crippen molar-refractivity contribution in [3.05, 3.63) is 71.9 Å². The third-order valence-corrected chi connectivity index (χ3v) is 7.04. The van der Waals surface area contributed by atoms with E-state index in [0.29, 0.717) is 11.1 Å². The molecule has 0 saturated heterocycles. The quantitative estimate of drug-likeness (QED) is 0.128. The number of carboxylic acids is 4. The number of esters is 2. The predicted molar refractivity (Wildman–Crippen MR) is 148 cm³/mol. The van der Waals surface area contributed by atoms with Gasteiger partial charge in [0.15, 0.2) is 0 Å². The molecule has 0 amide bonds. The van der Waals surface area contributed by atoms with Crippen molar-refractivity contribution in [1.82, 2.24) is 0 Å². The molecule has 0 bridgehead atoms. The van der Waals surface area contributed by atoms with Crippen LogP contribution in [0, 0.1) is 22.7 Å². The summed E-state index contributed by atoms with van der Waals surface area (Å²) in [5, 5.41) is 39.5. The highest BCUT2D eigenvalue weighted by Crippen LogP contribution is 2.39. The monoisotopic (exact) mass is 602 g/mol. The Balaban J connectivity index is 2.39. The van der Waals surface area contributed by atoms with E-state index in [1.54, 1.807) is 13.8 Å². The van der Waals surface area contributed by atoms with Gasteiger partial charge in [0.1, 0.15) is 22.7 Å². The second-order valence-electron chi connectivity index (χ2n) is 10.5. The Morgan fingerprint density at radius 2 is 1.05 bits per heavy atom. The lowest BCUT2D eigenvalue weighted by atomic mass is 9.74. The van der Waals surface area contributed by atoms with E-state index in [0.717, 1.165) is 36.5 Å². The van der Waals surface area contributed by atoms with Crippen molar-refractivity contribution in [3.63, 3.8) is 0 Å². The SMILES string of the molecule is C=C(C)COC(C)C1(C(=O)O)C=CC(C(=O)OC(=O)C2C=CC(C(=O)O)(C(C)OCC(=C)C)C=C2C(=O)O)C(C(=O)O)=C1. The molecule has 0 aromatic rings. The first kappa shape index (κ1) is 34.6. The van der Waals surface area contributed by atoms with Crippen LogP contribution < -0.4 is 0 Å². The highest BCUT2D eigenvalue weighted by molar-refractivity contribution is 6.03. The summed E-state index contributed by atoms with van der Waals surface area (Å²) in [6, 6.07) is 0. The van der Waals surface area contributed by atoms with Gasteiger partial charge in [-0.25, -0.2) is 9.59 Å². The van der Waals surface area contributed by atoms with Crippen LogP contribution in [0.2, 0.25) is 0 Å². The maximum absolute atomic E-state index is 13.0. The first-order chi connectivity index (χ1) is 19.9. The zero-order valence-electron chi connectivity index (χ0n) is 24.1. The summed E-state index contributed by atoms with van der Waals surface area (Å²) in [5.74, 6) is -12.6. The first-order valence-corrected chi connectivity index (χ1v) is 12.9. The smallest absolute Gasteiger partial charge is 0.332 e. The van der Waals surface area contributed by atoms with E-state index in [2.05, 4.69) is 13.2 Å². The summed E-state index contributed by atoms with van der Waals surface area (Å²) >= 11 is 0. The number of hydrogen-bond donors (Lipinski definition) is 4. The second-order valence-corrected chi connectivity index (χ2v) is 10.5. The van der Waals surface area contributed by atoms with Gasteiger partial charge in [0.25, 0.3) is 0 Å². The maximum atomic E-state index is 13.0. The molecule has 43 heavy (non-hydrogen) atoms. The predicted octanol–water partition coefficient (Wildman–Crippen LogP) is 2.55. The number of rotatable bonds is 14. The van der Waals surface area contributed by atoms with Gasteiger partial charge < -0.3 is 34.6 Å². The fourth-order valence-electron chi connectivity index (χ4n) is 4.47. The van der Waals surface area contributed by atoms with Crippen LogP contribution in [0.5, 0.6) is 0 Å². The average molecular weight is 603 g/mol. The zero-order valence-corrected chi connectivity index (χ0v) is 24.1. The lowest BCUT2D eigenvalue weighted by Gasteiger charge is -2.34. The van der Waals surface area contributed by atoms with Gasteiger partial charge in [-0.2, -0.15) is 0 Å². The van der Waals surface area contributed by atoms with Crippen LogP contribution in [0.15, 0.2) is 71.9 Å². The average Bonchev–Trinajstić information content (AvgIpc) is 2.93. The minimum absolute atomic E-state index is 0.0173. The normalized spacial score (nSPS) is 25.9. The van der Waals surface area contributed by atoms with Gasteiger partial charge in [-0.05, 0) is 39.8 Å². The second kappa shape index (κ2) is 13.6. The Kier molecular flexibility index (Phi) is 10.9. The van der Waals surface area contributed by atoms with Crippen LogP contribution in [0.1, 0.15) is 27.7 Å². The fraction of sp³-hybridized carbons (Fsp3) is 0.400. The standard InChI is InChI=1S/C30H34O13/c1-15(2)13-41-17(5)29(27(37)38)9-7-19(21(11-29)23(31)32)25(35)43-26(36)20-8-10-30(28(39)40,12-22(20)24(33)34)18(6)42-14-16(3)4/h7-12,17-20H,1,3,13-14H2,2,4-6H3,(H,31,32)(H,33,34)(H,37,38)(H,39,40). The molecule has 4 N–H and O–H groups in total. The number of hydrogen-bond acceptors (Lipinski definition) is 9. The molecule has 0 aromatic heterocycles. The minimum Gasteiger partial charge on any atom is -0.480 e. The van der Waals surface area contributed by atoms with Crippen molar-refractivity contribution in [1.29, 1.82) is 0 Å². The highest BCUT2D eigenvalue weighted by Gasteiger charge is 2.48. The third kappa shape index (κ3) is 7.43. The van der Waals surface area contributed by atoms with Crippen LogP contribution >= 0.6 is 0 Å². The Hall–Kier alpha value is -4.62. The molecule has 2 rings (SSSR count). The Morgan fingerprint density at radius 3 is 1.30 bits per heavy atom. The molecule has 2 aliphatic rings. The van der Waals surface area contributed by atoms with E-state index >= 15 is 0 Å². The molecule has 0 spiro atoms. The molecule has 0 aliphatic heterocycles. The van der Waals surface area contributed by atoms with Gasteiger partial charge in [-0.3, -0.25) is 19.2 Å². The molecule has 0 radical (unpaired) electrons. The molecule has 0 heterocycles. The van der Waals surface area contributed by atoms with E-state index in [1.165, 1.54) is 13.8 Å². The molecular formula is C30H34O13. The van der Waals surface area contributed by atoms with Crippen molar-refractivity contribution < 1.29 is 63.4 Å². The van der Waals surface area contributed by atoms with Crippen molar-refractivity contribution in [2.24, 2.45) is 22.7 Å². The maximum Gasteiger partial charge on any atom is 0.332 e. The molecular weight excluding hydrogens is 568 g/mol. The van der Waals surface area contributed by atoms with E-state index in [1.807, 2.05) is 0 Å². The topological polar surface area (TPSA) is 211 Å². The molecule has 13 nitrogen and oxygen atoms in total. The van der Waals surface area contributed by atoms with Crippen LogP contribution in [0.4, 0.5) is 0 Å². The summed E-state index contributed by atoms with van der Waals surface area (Å²) < 4.78 is 15.9. The zero-order chi connectivity index (χ0) is 32.9. The molecule has 2 aliphatic carbocycles. The van der Waals surface area contributed by atoms with E-state index < -0.39 is 81.8 Å². The van der Waals surface area contributed by atoms with Crippen molar-refractivity contribution in [2.75, 3.05) is 13.2 Å². The molecule has 6 unspecified atom stereocenters. The van der Waals surface area contributed by atoms with E-state index in [-0.39, 0.29) is 13.2 Å². The highest BCUT2D eigenvalue weighted by atomic mass is 16.6. The number of aliphatic carboxylic acids is 4. The summed E-state index contributed by atoms with van der Waals surface area (Å²) in [5.41, 5.74) is -4.24. The number of ether oxygens (including phenoxy) is 3. The van der Waals surface area contributed by atoms with Crippen molar-refractivity contribution in [3.8, 4) is 0 Å².